The molecule has 0 saturated carbocycles. The molecule has 0 spiro atoms. The van der Waals surface area contributed by atoms with Crippen LogP contribution in [0.2, 0.25) is 0 Å². The summed E-state index contributed by atoms with van der Waals surface area (Å²) >= 11 is 0. The molecule has 1 aromatic heterocycles. The van der Waals surface area contributed by atoms with E-state index in [9.17, 15) is 12.3 Å². The second-order valence-electron chi connectivity index (χ2n) is 5.02. The first kappa shape index (κ1) is 15.4. The number of benzene rings is 2. The van der Waals surface area contributed by atoms with Gasteiger partial charge in [-0.25, -0.2) is 9.97 Å². The summed E-state index contributed by atoms with van der Waals surface area (Å²) in [5.74, 6) is 0.681. The van der Waals surface area contributed by atoms with Gasteiger partial charge in [0.2, 0.25) is 0 Å². The number of rotatable bonds is 3. The molecule has 0 fully saturated rings. The zero-order valence-electron chi connectivity index (χ0n) is 12.4. The van der Waals surface area contributed by atoms with Gasteiger partial charge in [-0.05, 0) is 42.8 Å². The lowest BCUT2D eigenvalue weighted by Gasteiger charge is -2.10. The number of methoxy groups -OCH3 is 1. The van der Waals surface area contributed by atoms with E-state index in [0.717, 1.165) is 11.1 Å². The first-order chi connectivity index (χ1) is 10.9. The summed E-state index contributed by atoms with van der Waals surface area (Å²) in [5, 5.41) is 0.635. The number of aryl methyl sites for hydroxylation is 1. The number of hydrogen-bond acceptors (Lipinski definition) is 5. The lowest BCUT2D eigenvalue weighted by atomic mass is 10.0. The second kappa shape index (κ2) is 5.58. The predicted octanol–water partition coefficient (Wildman–Crippen LogP) is 3.27. The van der Waals surface area contributed by atoms with Gasteiger partial charge in [0.1, 0.15) is 17.0 Å². The highest BCUT2D eigenvalue weighted by Crippen LogP contribution is 2.31. The van der Waals surface area contributed by atoms with E-state index in [4.69, 9.17) is 4.74 Å². The third kappa shape index (κ3) is 2.87. The first-order valence-corrected chi connectivity index (χ1v) is 8.13. The van der Waals surface area contributed by atoms with E-state index in [2.05, 4.69) is 9.97 Å². The smallest absolute Gasteiger partial charge is 0.332 e. The molecular weight excluding hydrogens is 319 g/mol. The molecule has 2 aromatic carbocycles. The van der Waals surface area contributed by atoms with E-state index in [1.807, 2.05) is 25.1 Å². The quantitative estimate of drug-likeness (QED) is 0.689. The van der Waals surface area contributed by atoms with Gasteiger partial charge in [0.25, 0.3) is 0 Å². The third-order valence-corrected chi connectivity index (χ3v) is 4.41. The van der Waals surface area contributed by atoms with Gasteiger partial charge in [-0.3, -0.25) is 0 Å². The van der Waals surface area contributed by atoms with Crippen molar-refractivity contribution >= 4 is 21.1 Å². The van der Waals surface area contributed by atoms with Gasteiger partial charge in [-0.2, -0.15) is 8.42 Å². The zero-order valence-corrected chi connectivity index (χ0v) is 13.3. The molecule has 0 radical (unpaired) electrons. The van der Waals surface area contributed by atoms with Crippen LogP contribution in [-0.2, 0) is 10.2 Å². The zero-order chi connectivity index (χ0) is 16.6. The Kier molecular flexibility index (Phi) is 3.73. The van der Waals surface area contributed by atoms with Crippen LogP contribution in [-0.4, -0.2) is 25.5 Å². The maximum Gasteiger partial charge on any atom is 0.332 e. The minimum Gasteiger partial charge on any atom is -0.497 e. The number of fused-ring (bicyclic) bond motifs is 1. The van der Waals surface area contributed by atoms with Crippen LogP contribution in [0.4, 0.5) is 3.89 Å². The van der Waals surface area contributed by atoms with Gasteiger partial charge >= 0.3 is 10.2 Å². The van der Waals surface area contributed by atoms with E-state index in [1.54, 1.807) is 7.11 Å². The standard InChI is InChI=1S/C16H13FN2O3S/c1-10-3-4-11(22-2)7-14(10)16-13-6-5-12(23(17,20)21)8-15(13)18-9-19-16/h3-9H,1-2H3. The minimum atomic E-state index is -4.77. The molecule has 0 aliphatic carbocycles. The Morgan fingerprint density at radius 1 is 1.09 bits per heavy atom. The number of aromatic nitrogens is 2. The van der Waals surface area contributed by atoms with Crippen LogP contribution in [0.1, 0.15) is 5.56 Å². The summed E-state index contributed by atoms with van der Waals surface area (Å²) in [4.78, 5) is 7.92. The first-order valence-electron chi connectivity index (χ1n) is 6.74. The fourth-order valence-corrected chi connectivity index (χ4v) is 2.87. The van der Waals surface area contributed by atoms with E-state index >= 15 is 0 Å². The third-order valence-electron chi connectivity index (χ3n) is 3.59. The van der Waals surface area contributed by atoms with Gasteiger partial charge in [-0.1, -0.05) is 6.07 Å². The van der Waals surface area contributed by atoms with Crippen molar-refractivity contribution in [2.24, 2.45) is 0 Å². The van der Waals surface area contributed by atoms with Gasteiger partial charge in [0, 0.05) is 10.9 Å². The fraction of sp³-hybridized carbons (Fsp3) is 0.125. The van der Waals surface area contributed by atoms with E-state index in [0.29, 0.717) is 22.3 Å². The van der Waals surface area contributed by atoms with Gasteiger partial charge < -0.3 is 4.74 Å². The molecule has 23 heavy (non-hydrogen) atoms. The summed E-state index contributed by atoms with van der Waals surface area (Å²) < 4.78 is 40.5. The van der Waals surface area contributed by atoms with Crippen molar-refractivity contribution < 1.29 is 17.0 Å². The molecule has 1 heterocycles. The molecule has 0 amide bonds. The van der Waals surface area contributed by atoms with Gasteiger partial charge in [-0.15, -0.1) is 3.89 Å². The molecule has 0 aliphatic rings. The van der Waals surface area contributed by atoms with Crippen LogP contribution < -0.4 is 4.74 Å². The van der Waals surface area contributed by atoms with Crippen LogP contribution in [0.3, 0.4) is 0 Å². The lowest BCUT2D eigenvalue weighted by Crippen LogP contribution is -1.96. The Bertz CT molecular complexity index is 1000. The van der Waals surface area contributed by atoms with Crippen LogP contribution in [0.25, 0.3) is 22.2 Å². The molecule has 5 nitrogen and oxygen atoms in total. The molecule has 0 aliphatic heterocycles. The van der Waals surface area contributed by atoms with Crippen molar-refractivity contribution in [1.29, 1.82) is 0 Å². The maximum atomic E-state index is 13.1. The van der Waals surface area contributed by atoms with Crippen LogP contribution >= 0.6 is 0 Å². The topological polar surface area (TPSA) is 69.2 Å². The predicted molar refractivity (Wildman–Crippen MR) is 84.6 cm³/mol. The maximum absolute atomic E-state index is 13.1. The monoisotopic (exact) mass is 332 g/mol. The highest BCUT2D eigenvalue weighted by Gasteiger charge is 2.15. The molecule has 0 saturated heterocycles. The normalized spacial score (nSPS) is 11.6. The fourth-order valence-electron chi connectivity index (χ4n) is 2.39. The van der Waals surface area contributed by atoms with Crippen molar-refractivity contribution in [2.45, 2.75) is 11.8 Å². The molecular formula is C16H13FN2O3S. The average Bonchev–Trinajstić information content (AvgIpc) is 2.53. The van der Waals surface area contributed by atoms with Crippen molar-refractivity contribution in [3.8, 4) is 17.0 Å². The van der Waals surface area contributed by atoms with Crippen molar-refractivity contribution in [3.05, 3.63) is 48.3 Å². The van der Waals surface area contributed by atoms with Crippen molar-refractivity contribution in [2.75, 3.05) is 7.11 Å². The highest BCUT2D eigenvalue weighted by molar-refractivity contribution is 7.86. The Morgan fingerprint density at radius 3 is 2.57 bits per heavy atom. The summed E-state index contributed by atoms with van der Waals surface area (Å²) in [7, 11) is -3.20. The molecule has 0 bridgehead atoms. The lowest BCUT2D eigenvalue weighted by molar-refractivity contribution is 0.415. The molecule has 7 heteroatoms. The van der Waals surface area contributed by atoms with E-state index in [-0.39, 0.29) is 0 Å². The molecule has 3 rings (SSSR count). The van der Waals surface area contributed by atoms with Crippen LogP contribution in [0.5, 0.6) is 5.75 Å². The number of halogens is 1. The molecule has 0 atom stereocenters. The minimum absolute atomic E-state index is 0.357. The van der Waals surface area contributed by atoms with Crippen molar-refractivity contribution in [3.63, 3.8) is 0 Å². The van der Waals surface area contributed by atoms with Gasteiger partial charge in [0.05, 0.1) is 18.3 Å². The molecule has 0 N–H and O–H groups in total. The highest BCUT2D eigenvalue weighted by atomic mass is 32.3. The number of nitrogens with zero attached hydrogens (tertiary/aromatic N) is 2. The van der Waals surface area contributed by atoms with Crippen LogP contribution in [0, 0.1) is 6.92 Å². The van der Waals surface area contributed by atoms with E-state index < -0.39 is 15.1 Å². The second-order valence-corrected chi connectivity index (χ2v) is 6.37. The Morgan fingerprint density at radius 2 is 1.87 bits per heavy atom. The summed E-state index contributed by atoms with van der Waals surface area (Å²) in [6, 6.07) is 9.51. The van der Waals surface area contributed by atoms with Gasteiger partial charge in [0.15, 0.2) is 0 Å². The molecule has 118 valence electrons. The number of ether oxygens (including phenoxy) is 1. The van der Waals surface area contributed by atoms with E-state index in [1.165, 1.54) is 24.5 Å². The summed E-state index contributed by atoms with van der Waals surface area (Å²) in [6.07, 6.45) is 1.32. The summed E-state index contributed by atoms with van der Waals surface area (Å²) in [6.45, 7) is 1.93. The summed E-state index contributed by atoms with van der Waals surface area (Å²) in [5.41, 5.74) is 2.81. The molecule has 0 unspecified atom stereocenters. The molecule has 3 aromatic rings. The largest absolute Gasteiger partial charge is 0.497 e. The average molecular weight is 332 g/mol. The van der Waals surface area contributed by atoms with Crippen molar-refractivity contribution in [1.82, 2.24) is 9.97 Å². The Labute approximate surface area is 133 Å². The Hall–Kier alpha value is -2.54. The SMILES string of the molecule is COc1ccc(C)c(-c2ncnc3cc(S(=O)(=O)F)ccc23)c1. The Balaban J connectivity index is 2.27. The van der Waals surface area contributed by atoms with Crippen LogP contribution in [0.15, 0.2) is 47.6 Å². The number of hydrogen-bond donors (Lipinski definition) is 0.